The number of hydrogen-bond donors (Lipinski definition) is 1. The number of anilines is 1. The molecule has 0 unspecified atom stereocenters. The van der Waals surface area contributed by atoms with Gasteiger partial charge in [-0.1, -0.05) is 6.07 Å². The summed E-state index contributed by atoms with van der Waals surface area (Å²) in [5.41, 5.74) is 1.79. The van der Waals surface area contributed by atoms with Crippen molar-refractivity contribution < 1.29 is 9.50 Å². The quantitative estimate of drug-likeness (QED) is 0.799. The van der Waals surface area contributed by atoms with Crippen LogP contribution in [0.25, 0.3) is 0 Å². The molecule has 0 heterocycles. The van der Waals surface area contributed by atoms with E-state index in [-0.39, 0.29) is 5.82 Å². The molecule has 0 saturated heterocycles. The molecule has 1 atom stereocenters. The van der Waals surface area contributed by atoms with E-state index in [9.17, 15) is 9.50 Å². The molecule has 1 aromatic rings. The number of nitrogens with zero attached hydrogens (tertiary/aromatic N) is 1. The van der Waals surface area contributed by atoms with Crippen LogP contribution < -0.4 is 4.90 Å². The summed E-state index contributed by atoms with van der Waals surface area (Å²) in [7, 11) is 3.72. The number of halogens is 1. The Morgan fingerprint density at radius 2 is 2.07 bits per heavy atom. The van der Waals surface area contributed by atoms with Gasteiger partial charge in [0.1, 0.15) is 5.82 Å². The van der Waals surface area contributed by atoms with E-state index < -0.39 is 6.10 Å². The van der Waals surface area contributed by atoms with Crippen molar-refractivity contribution in [3.8, 4) is 0 Å². The number of hydrogen-bond acceptors (Lipinski definition) is 2. The van der Waals surface area contributed by atoms with Gasteiger partial charge in [0.25, 0.3) is 0 Å². The molecule has 0 aliphatic heterocycles. The minimum atomic E-state index is -0.404. The summed E-state index contributed by atoms with van der Waals surface area (Å²) in [6.45, 7) is 1.72. The molecule has 14 heavy (non-hydrogen) atoms. The summed E-state index contributed by atoms with van der Waals surface area (Å²) in [6, 6.07) is 4.62. The topological polar surface area (TPSA) is 23.5 Å². The zero-order valence-electron chi connectivity index (χ0n) is 8.79. The molecule has 0 aliphatic carbocycles. The van der Waals surface area contributed by atoms with Gasteiger partial charge in [0, 0.05) is 26.2 Å². The van der Waals surface area contributed by atoms with E-state index in [0.29, 0.717) is 6.42 Å². The Morgan fingerprint density at radius 3 is 2.57 bits per heavy atom. The Bertz CT molecular complexity index is 310. The molecule has 1 rings (SSSR count). The average Bonchev–Trinajstić information content (AvgIpc) is 2.07. The van der Waals surface area contributed by atoms with Crippen LogP contribution in [-0.2, 0) is 6.42 Å². The molecule has 0 amide bonds. The van der Waals surface area contributed by atoms with Crippen LogP contribution >= 0.6 is 0 Å². The van der Waals surface area contributed by atoms with Crippen molar-refractivity contribution in [2.24, 2.45) is 0 Å². The summed E-state index contributed by atoms with van der Waals surface area (Å²) in [6.07, 6.45) is 0.146. The molecule has 0 fully saturated rings. The zero-order chi connectivity index (χ0) is 10.7. The van der Waals surface area contributed by atoms with Gasteiger partial charge in [-0.05, 0) is 24.6 Å². The van der Waals surface area contributed by atoms with Gasteiger partial charge in [-0.2, -0.15) is 0 Å². The van der Waals surface area contributed by atoms with Crippen molar-refractivity contribution in [3.05, 3.63) is 29.6 Å². The van der Waals surface area contributed by atoms with E-state index in [1.54, 1.807) is 13.0 Å². The van der Waals surface area contributed by atoms with Crippen LogP contribution in [0.5, 0.6) is 0 Å². The number of aliphatic hydroxyl groups is 1. The average molecular weight is 197 g/mol. The van der Waals surface area contributed by atoms with Gasteiger partial charge < -0.3 is 10.0 Å². The number of aliphatic hydroxyl groups excluding tert-OH is 1. The first-order valence-corrected chi connectivity index (χ1v) is 4.64. The normalized spacial score (nSPS) is 12.6. The van der Waals surface area contributed by atoms with Gasteiger partial charge in [-0.25, -0.2) is 4.39 Å². The van der Waals surface area contributed by atoms with Gasteiger partial charge in [-0.3, -0.25) is 0 Å². The maximum absolute atomic E-state index is 13.0. The van der Waals surface area contributed by atoms with Crippen molar-refractivity contribution in [2.45, 2.75) is 19.4 Å². The first-order chi connectivity index (χ1) is 6.50. The van der Waals surface area contributed by atoms with Crippen molar-refractivity contribution in [1.29, 1.82) is 0 Å². The number of benzene rings is 1. The monoisotopic (exact) mass is 197 g/mol. The molecule has 2 nitrogen and oxygen atoms in total. The largest absolute Gasteiger partial charge is 0.393 e. The third-order valence-corrected chi connectivity index (χ3v) is 2.04. The molecule has 0 radical (unpaired) electrons. The van der Waals surface area contributed by atoms with E-state index in [1.165, 1.54) is 12.1 Å². The number of rotatable bonds is 3. The molecule has 1 N–H and O–H groups in total. The van der Waals surface area contributed by atoms with Gasteiger partial charge in [0.15, 0.2) is 0 Å². The third kappa shape index (κ3) is 2.70. The zero-order valence-corrected chi connectivity index (χ0v) is 8.79. The Hall–Kier alpha value is -1.09. The lowest BCUT2D eigenvalue weighted by atomic mass is 10.1. The molecule has 0 spiro atoms. The molecular weight excluding hydrogens is 181 g/mol. The molecule has 1 aromatic carbocycles. The first kappa shape index (κ1) is 11.0. The van der Waals surface area contributed by atoms with E-state index in [4.69, 9.17) is 0 Å². The van der Waals surface area contributed by atoms with E-state index >= 15 is 0 Å². The first-order valence-electron chi connectivity index (χ1n) is 4.64. The second-order valence-electron chi connectivity index (χ2n) is 3.72. The van der Waals surface area contributed by atoms with Crippen molar-refractivity contribution in [2.75, 3.05) is 19.0 Å². The molecule has 3 heteroatoms. The maximum Gasteiger partial charge on any atom is 0.125 e. The van der Waals surface area contributed by atoms with E-state index in [1.807, 2.05) is 19.0 Å². The fourth-order valence-corrected chi connectivity index (χ4v) is 1.44. The van der Waals surface area contributed by atoms with Crippen LogP contribution in [-0.4, -0.2) is 25.3 Å². The Balaban J connectivity index is 3.02. The minimum absolute atomic E-state index is 0.247. The van der Waals surface area contributed by atoms with Crippen LogP contribution in [0.4, 0.5) is 10.1 Å². The van der Waals surface area contributed by atoms with Crippen LogP contribution in [0, 0.1) is 5.82 Å². The van der Waals surface area contributed by atoms with E-state index in [0.717, 1.165) is 11.3 Å². The summed E-state index contributed by atoms with van der Waals surface area (Å²) in [5, 5.41) is 9.27. The lowest BCUT2D eigenvalue weighted by Crippen LogP contribution is -2.14. The molecule has 0 saturated carbocycles. The van der Waals surface area contributed by atoms with Gasteiger partial charge in [0.05, 0.1) is 6.10 Å². The third-order valence-electron chi connectivity index (χ3n) is 2.04. The lowest BCUT2D eigenvalue weighted by Gasteiger charge is -2.18. The lowest BCUT2D eigenvalue weighted by molar-refractivity contribution is 0.195. The SMILES string of the molecule is C[C@@H](O)Cc1ccc(F)cc1N(C)C. The van der Waals surface area contributed by atoms with E-state index in [2.05, 4.69) is 0 Å². The van der Waals surface area contributed by atoms with Gasteiger partial charge in [-0.15, -0.1) is 0 Å². The summed E-state index contributed by atoms with van der Waals surface area (Å²) in [5.74, 6) is -0.247. The predicted octanol–water partition coefficient (Wildman–Crippen LogP) is 1.81. The van der Waals surface area contributed by atoms with Crippen molar-refractivity contribution >= 4 is 5.69 Å². The fraction of sp³-hybridized carbons (Fsp3) is 0.455. The van der Waals surface area contributed by atoms with Gasteiger partial charge >= 0.3 is 0 Å². The maximum atomic E-state index is 13.0. The van der Waals surface area contributed by atoms with Gasteiger partial charge in [0.2, 0.25) is 0 Å². The highest BCUT2D eigenvalue weighted by Gasteiger charge is 2.08. The molecular formula is C11H16FNO. The fourth-order valence-electron chi connectivity index (χ4n) is 1.44. The molecule has 0 bridgehead atoms. The summed E-state index contributed by atoms with van der Waals surface area (Å²) < 4.78 is 13.0. The van der Waals surface area contributed by atoms with Crippen LogP contribution in [0.15, 0.2) is 18.2 Å². The molecule has 0 aromatic heterocycles. The van der Waals surface area contributed by atoms with Crippen LogP contribution in [0.3, 0.4) is 0 Å². The summed E-state index contributed by atoms with van der Waals surface area (Å²) in [4.78, 5) is 1.85. The highest BCUT2D eigenvalue weighted by molar-refractivity contribution is 5.53. The highest BCUT2D eigenvalue weighted by atomic mass is 19.1. The standard InChI is InChI=1S/C11H16FNO/c1-8(14)6-9-4-5-10(12)7-11(9)13(2)3/h4-5,7-8,14H,6H2,1-3H3/t8-/m1/s1. The van der Waals surface area contributed by atoms with Crippen molar-refractivity contribution in [1.82, 2.24) is 0 Å². The molecule has 0 aliphatic rings. The predicted molar refractivity (Wildman–Crippen MR) is 56.1 cm³/mol. The molecule has 78 valence electrons. The second-order valence-corrected chi connectivity index (χ2v) is 3.72. The highest BCUT2D eigenvalue weighted by Crippen LogP contribution is 2.21. The minimum Gasteiger partial charge on any atom is -0.393 e. The van der Waals surface area contributed by atoms with Crippen LogP contribution in [0.1, 0.15) is 12.5 Å². The second kappa shape index (κ2) is 4.42. The Morgan fingerprint density at radius 1 is 1.43 bits per heavy atom. The summed E-state index contributed by atoms with van der Waals surface area (Å²) >= 11 is 0. The van der Waals surface area contributed by atoms with Crippen molar-refractivity contribution in [3.63, 3.8) is 0 Å². The Kier molecular flexibility index (Phi) is 3.47. The smallest absolute Gasteiger partial charge is 0.125 e. The Labute approximate surface area is 84.0 Å². The van der Waals surface area contributed by atoms with Crippen LogP contribution in [0.2, 0.25) is 0 Å².